The van der Waals surface area contributed by atoms with Crippen LogP contribution in [0.1, 0.15) is 23.1 Å². The Morgan fingerprint density at radius 3 is 2.71 bits per heavy atom. The van der Waals surface area contributed by atoms with Crippen molar-refractivity contribution in [3.8, 4) is 28.5 Å². The Labute approximate surface area is 160 Å². The highest BCUT2D eigenvalue weighted by molar-refractivity contribution is 5.92. The first-order valence-corrected chi connectivity index (χ1v) is 8.88. The van der Waals surface area contributed by atoms with Crippen molar-refractivity contribution >= 4 is 5.91 Å². The third kappa shape index (κ3) is 2.74. The summed E-state index contributed by atoms with van der Waals surface area (Å²) in [6, 6.07) is 10.4. The zero-order chi connectivity index (χ0) is 19.8. The number of rotatable bonds is 3. The molecule has 0 atom stereocenters. The number of amides is 1. The standard InChI is InChI=1S/C21H16F2N4O/c1-2-26-8-9-27-19(12-25-20(27)21(26)28)13-6-7-18(23)15(10-13)14-4-3-5-17(22)16(14)11-24/h3-7,10,12H,2,8-9H2,1H3. The number of aromatic nitrogens is 2. The van der Waals surface area contributed by atoms with Crippen molar-refractivity contribution in [3.63, 3.8) is 0 Å². The van der Waals surface area contributed by atoms with Crippen LogP contribution in [0.25, 0.3) is 22.4 Å². The lowest BCUT2D eigenvalue weighted by molar-refractivity contribution is 0.0707. The Kier molecular flexibility index (Phi) is 4.40. The molecule has 7 heteroatoms. The lowest BCUT2D eigenvalue weighted by Crippen LogP contribution is -2.40. The number of hydrogen-bond acceptors (Lipinski definition) is 3. The maximum Gasteiger partial charge on any atom is 0.289 e. The summed E-state index contributed by atoms with van der Waals surface area (Å²) in [5.74, 6) is -1.05. The van der Waals surface area contributed by atoms with Crippen molar-refractivity contribution in [1.82, 2.24) is 14.5 Å². The monoisotopic (exact) mass is 378 g/mol. The number of benzene rings is 2. The molecule has 28 heavy (non-hydrogen) atoms. The largest absolute Gasteiger partial charge is 0.334 e. The van der Waals surface area contributed by atoms with Crippen molar-refractivity contribution in [1.29, 1.82) is 5.26 Å². The molecule has 4 rings (SSSR count). The molecule has 0 saturated carbocycles. The predicted molar refractivity (Wildman–Crippen MR) is 99.3 cm³/mol. The van der Waals surface area contributed by atoms with Gasteiger partial charge in [-0.25, -0.2) is 13.8 Å². The van der Waals surface area contributed by atoms with Crippen molar-refractivity contribution < 1.29 is 13.6 Å². The topological polar surface area (TPSA) is 61.9 Å². The van der Waals surface area contributed by atoms with E-state index in [0.717, 1.165) is 0 Å². The Morgan fingerprint density at radius 1 is 1.14 bits per heavy atom. The average molecular weight is 378 g/mol. The van der Waals surface area contributed by atoms with E-state index >= 15 is 0 Å². The fraction of sp³-hybridized carbons (Fsp3) is 0.190. The van der Waals surface area contributed by atoms with Crippen molar-refractivity contribution in [3.05, 3.63) is 65.6 Å². The normalized spacial score (nSPS) is 13.4. The molecular formula is C21H16F2N4O. The molecule has 1 aromatic heterocycles. The zero-order valence-electron chi connectivity index (χ0n) is 15.1. The molecule has 3 aromatic rings. The highest BCUT2D eigenvalue weighted by Crippen LogP contribution is 2.32. The molecule has 0 bridgehead atoms. The van der Waals surface area contributed by atoms with Crippen LogP contribution in [0.4, 0.5) is 8.78 Å². The molecule has 0 aliphatic carbocycles. The molecule has 1 aliphatic rings. The van der Waals surface area contributed by atoms with Gasteiger partial charge >= 0.3 is 0 Å². The molecule has 0 saturated heterocycles. The van der Waals surface area contributed by atoms with Gasteiger partial charge in [-0.15, -0.1) is 0 Å². The van der Waals surface area contributed by atoms with Crippen LogP contribution in [0, 0.1) is 23.0 Å². The molecule has 1 aliphatic heterocycles. The van der Waals surface area contributed by atoms with Crippen LogP contribution in [-0.2, 0) is 6.54 Å². The second-order valence-electron chi connectivity index (χ2n) is 6.47. The molecular weight excluding hydrogens is 362 g/mol. The highest BCUT2D eigenvalue weighted by Gasteiger charge is 2.27. The Hall–Kier alpha value is -3.53. The SMILES string of the molecule is CCN1CCn2c(-c3ccc(F)c(-c4cccc(F)c4C#N)c3)cnc2C1=O. The summed E-state index contributed by atoms with van der Waals surface area (Å²) in [6.45, 7) is 3.68. The van der Waals surface area contributed by atoms with Gasteiger partial charge < -0.3 is 9.47 Å². The molecule has 1 amide bonds. The van der Waals surface area contributed by atoms with E-state index in [9.17, 15) is 18.8 Å². The molecule has 2 aromatic carbocycles. The second kappa shape index (κ2) is 6.89. The minimum atomic E-state index is -0.697. The number of carbonyl (C=O) groups is 1. The smallest absolute Gasteiger partial charge is 0.289 e. The first-order valence-electron chi connectivity index (χ1n) is 8.88. The molecule has 0 radical (unpaired) electrons. The van der Waals surface area contributed by atoms with Gasteiger partial charge in [-0.3, -0.25) is 4.79 Å². The lowest BCUT2D eigenvalue weighted by atomic mass is 9.97. The first-order chi connectivity index (χ1) is 13.5. The summed E-state index contributed by atoms with van der Waals surface area (Å²) < 4.78 is 30.3. The average Bonchev–Trinajstić information content (AvgIpc) is 3.13. The number of fused-ring (bicyclic) bond motifs is 1. The van der Waals surface area contributed by atoms with Gasteiger partial charge in [0.2, 0.25) is 0 Å². The minimum Gasteiger partial charge on any atom is -0.334 e. The number of imidazole rings is 1. The zero-order valence-corrected chi connectivity index (χ0v) is 15.1. The number of nitrogens with zero attached hydrogens (tertiary/aromatic N) is 4. The predicted octanol–water partition coefficient (Wildman–Crippen LogP) is 3.84. The Balaban J connectivity index is 1.84. The van der Waals surface area contributed by atoms with Gasteiger partial charge in [0.05, 0.1) is 17.5 Å². The maximum absolute atomic E-state index is 14.5. The van der Waals surface area contributed by atoms with Gasteiger partial charge in [-0.2, -0.15) is 5.26 Å². The number of halogens is 2. The molecule has 0 spiro atoms. The van der Waals surface area contributed by atoms with Gasteiger partial charge in [0.15, 0.2) is 5.82 Å². The number of likely N-dealkylation sites (N-methyl/N-ethyl adjacent to an activating group) is 1. The summed E-state index contributed by atoms with van der Waals surface area (Å²) >= 11 is 0. The first kappa shape index (κ1) is 17.9. The van der Waals surface area contributed by atoms with E-state index in [2.05, 4.69) is 4.98 Å². The van der Waals surface area contributed by atoms with Crippen molar-refractivity contribution in [2.45, 2.75) is 13.5 Å². The van der Waals surface area contributed by atoms with Gasteiger partial charge in [0.25, 0.3) is 5.91 Å². The third-order valence-corrected chi connectivity index (χ3v) is 4.99. The van der Waals surface area contributed by atoms with Crippen LogP contribution in [-0.4, -0.2) is 33.4 Å². The molecule has 0 N–H and O–H groups in total. The van der Waals surface area contributed by atoms with Crippen LogP contribution >= 0.6 is 0 Å². The molecule has 5 nitrogen and oxygen atoms in total. The second-order valence-corrected chi connectivity index (χ2v) is 6.47. The van der Waals surface area contributed by atoms with Crippen molar-refractivity contribution in [2.75, 3.05) is 13.1 Å². The maximum atomic E-state index is 14.5. The third-order valence-electron chi connectivity index (χ3n) is 4.99. The van der Waals surface area contributed by atoms with Crippen LogP contribution in [0.3, 0.4) is 0 Å². The molecule has 2 heterocycles. The number of nitriles is 1. The van der Waals surface area contributed by atoms with Crippen molar-refractivity contribution in [2.24, 2.45) is 0 Å². The summed E-state index contributed by atoms with van der Waals surface area (Å²) in [6.07, 6.45) is 1.58. The van der Waals surface area contributed by atoms with Gasteiger partial charge in [-0.05, 0) is 31.2 Å². The molecule has 0 unspecified atom stereocenters. The number of carbonyl (C=O) groups excluding carboxylic acids is 1. The summed E-state index contributed by atoms with van der Waals surface area (Å²) in [5.41, 5.74) is 1.42. The summed E-state index contributed by atoms with van der Waals surface area (Å²) in [4.78, 5) is 18.4. The molecule has 0 fully saturated rings. The van der Waals surface area contributed by atoms with Gasteiger partial charge in [-0.1, -0.05) is 12.1 Å². The van der Waals surface area contributed by atoms with Gasteiger partial charge in [0.1, 0.15) is 17.7 Å². The van der Waals surface area contributed by atoms with E-state index in [-0.39, 0.29) is 22.6 Å². The fourth-order valence-electron chi connectivity index (χ4n) is 3.52. The quantitative estimate of drug-likeness (QED) is 0.696. The fourth-order valence-corrected chi connectivity index (χ4v) is 3.52. The van der Waals surface area contributed by atoms with E-state index in [1.165, 1.54) is 24.3 Å². The van der Waals surface area contributed by atoms with E-state index in [1.807, 2.05) is 11.5 Å². The lowest BCUT2D eigenvalue weighted by Gasteiger charge is -2.27. The van der Waals surface area contributed by atoms with E-state index in [0.29, 0.717) is 36.7 Å². The Morgan fingerprint density at radius 2 is 1.96 bits per heavy atom. The van der Waals surface area contributed by atoms with E-state index in [1.54, 1.807) is 29.3 Å². The Bertz CT molecular complexity index is 1130. The number of hydrogen-bond donors (Lipinski definition) is 0. The summed E-state index contributed by atoms with van der Waals surface area (Å²) in [5, 5.41) is 9.27. The van der Waals surface area contributed by atoms with E-state index in [4.69, 9.17) is 0 Å². The molecule has 140 valence electrons. The van der Waals surface area contributed by atoms with Crippen LogP contribution in [0.15, 0.2) is 42.6 Å². The van der Waals surface area contributed by atoms with Gasteiger partial charge in [0, 0.05) is 36.3 Å². The van der Waals surface area contributed by atoms with E-state index < -0.39 is 11.6 Å². The van der Waals surface area contributed by atoms with Crippen LogP contribution in [0.2, 0.25) is 0 Å². The summed E-state index contributed by atoms with van der Waals surface area (Å²) in [7, 11) is 0. The van der Waals surface area contributed by atoms with Crippen LogP contribution < -0.4 is 0 Å². The van der Waals surface area contributed by atoms with Crippen LogP contribution in [0.5, 0.6) is 0 Å². The highest BCUT2D eigenvalue weighted by atomic mass is 19.1. The minimum absolute atomic E-state index is 0.126.